The molecule has 3 rings (SSSR count). The van der Waals surface area contributed by atoms with Crippen molar-refractivity contribution in [2.75, 3.05) is 6.54 Å². The molecule has 0 saturated carbocycles. The summed E-state index contributed by atoms with van der Waals surface area (Å²) in [5.74, 6) is -0.542. The van der Waals surface area contributed by atoms with E-state index in [1.807, 2.05) is 6.07 Å². The van der Waals surface area contributed by atoms with Gasteiger partial charge in [0.05, 0.1) is 16.6 Å². The first-order valence-corrected chi connectivity index (χ1v) is 8.69. The van der Waals surface area contributed by atoms with Crippen LogP contribution in [-0.2, 0) is 4.79 Å². The summed E-state index contributed by atoms with van der Waals surface area (Å²) in [4.78, 5) is 39.7. The maximum absolute atomic E-state index is 12.6. The second-order valence-corrected chi connectivity index (χ2v) is 6.16. The molecule has 0 atom stereocenters. The van der Waals surface area contributed by atoms with Gasteiger partial charge in [0.25, 0.3) is 11.5 Å². The van der Waals surface area contributed by atoms with E-state index in [0.717, 1.165) is 0 Å². The molecule has 0 aliphatic carbocycles. The van der Waals surface area contributed by atoms with Gasteiger partial charge in [0, 0.05) is 18.5 Å². The third kappa shape index (κ3) is 4.38. The van der Waals surface area contributed by atoms with Crippen LogP contribution in [0, 0.1) is 0 Å². The van der Waals surface area contributed by atoms with Crippen molar-refractivity contribution < 1.29 is 9.59 Å². The average molecular weight is 364 g/mol. The summed E-state index contributed by atoms with van der Waals surface area (Å²) in [6.07, 6.45) is 3.13. The third-order valence-corrected chi connectivity index (χ3v) is 4.21. The van der Waals surface area contributed by atoms with Crippen molar-refractivity contribution in [1.82, 2.24) is 14.9 Å². The van der Waals surface area contributed by atoms with E-state index in [1.54, 1.807) is 42.5 Å². The average Bonchev–Trinajstić information content (AvgIpc) is 2.68. The maximum Gasteiger partial charge on any atom is 0.265 e. The second kappa shape index (κ2) is 8.27. The van der Waals surface area contributed by atoms with E-state index in [-0.39, 0.29) is 17.4 Å². The topological polar surface area (TPSA) is 107 Å². The van der Waals surface area contributed by atoms with Gasteiger partial charge in [-0.05, 0) is 49.2 Å². The Bertz CT molecular complexity index is 1030. The summed E-state index contributed by atoms with van der Waals surface area (Å²) >= 11 is 0. The number of hydrogen-bond donors (Lipinski definition) is 2. The molecule has 0 fully saturated rings. The van der Waals surface area contributed by atoms with Gasteiger partial charge in [-0.3, -0.25) is 19.0 Å². The van der Waals surface area contributed by atoms with Crippen LogP contribution in [0.2, 0.25) is 0 Å². The summed E-state index contributed by atoms with van der Waals surface area (Å²) in [6.45, 7) is 0.474. The van der Waals surface area contributed by atoms with Crippen molar-refractivity contribution in [3.05, 3.63) is 70.8 Å². The Morgan fingerprint density at radius 2 is 1.78 bits per heavy atom. The van der Waals surface area contributed by atoms with Crippen molar-refractivity contribution in [2.45, 2.75) is 19.3 Å². The molecule has 2 aromatic carbocycles. The molecule has 7 heteroatoms. The predicted molar refractivity (Wildman–Crippen MR) is 103 cm³/mol. The zero-order valence-electron chi connectivity index (χ0n) is 14.7. The lowest BCUT2D eigenvalue weighted by Crippen LogP contribution is -2.25. The molecule has 2 amide bonds. The number of para-hydroxylation sites is 1. The highest BCUT2D eigenvalue weighted by molar-refractivity contribution is 5.94. The Hall–Kier alpha value is -3.48. The summed E-state index contributed by atoms with van der Waals surface area (Å²) in [5.41, 5.74) is 6.69. The minimum absolute atomic E-state index is 0.160. The van der Waals surface area contributed by atoms with Crippen LogP contribution in [0.3, 0.4) is 0 Å². The SMILES string of the molecule is NC(=O)CCCCNC(=O)c1ccc(-n2cnc3ccccc3c2=O)cc1. The van der Waals surface area contributed by atoms with Gasteiger partial charge in [-0.2, -0.15) is 0 Å². The van der Waals surface area contributed by atoms with Crippen molar-refractivity contribution >= 4 is 22.7 Å². The van der Waals surface area contributed by atoms with Gasteiger partial charge < -0.3 is 11.1 Å². The largest absolute Gasteiger partial charge is 0.370 e. The number of fused-ring (bicyclic) bond motifs is 1. The number of carbonyl (C=O) groups is 2. The zero-order chi connectivity index (χ0) is 19.2. The van der Waals surface area contributed by atoms with Crippen LogP contribution in [0.25, 0.3) is 16.6 Å². The van der Waals surface area contributed by atoms with Crippen molar-refractivity contribution in [3.8, 4) is 5.69 Å². The molecule has 138 valence electrons. The molecule has 0 unspecified atom stereocenters. The van der Waals surface area contributed by atoms with Gasteiger partial charge in [-0.1, -0.05) is 12.1 Å². The van der Waals surface area contributed by atoms with E-state index >= 15 is 0 Å². The fraction of sp³-hybridized carbons (Fsp3) is 0.200. The zero-order valence-corrected chi connectivity index (χ0v) is 14.7. The summed E-state index contributed by atoms with van der Waals surface area (Å²) in [6, 6.07) is 13.9. The highest BCUT2D eigenvalue weighted by Crippen LogP contribution is 2.11. The predicted octanol–water partition coefficient (Wildman–Crippen LogP) is 1.77. The van der Waals surface area contributed by atoms with Crippen molar-refractivity contribution in [1.29, 1.82) is 0 Å². The minimum Gasteiger partial charge on any atom is -0.370 e. The number of carbonyl (C=O) groups excluding carboxylic acids is 2. The molecular weight excluding hydrogens is 344 g/mol. The first kappa shape index (κ1) is 18.3. The third-order valence-electron chi connectivity index (χ3n) is 4.21. The van der Waals surface area contributed by atoms with E-state index in [1.165, 1.54) is 10.9 Å². The highest BCUT2D eigenvalue weighted by Gasteiger charge is 2.08. The van der Waals surface area contributed by atoms with Gasteiger partial charge in [0.1, 0.15) is 6.33 Å². The number of amides is 2. The van der Waals surface area contributed by atoms with Gasteiger partial charge in [0.15, 0.2) is 0 Å². The van der Waals surface area contributed by atoms with E-state index in [0.29, 0.717) is 48.0 Å². The van der Waals surface area contributed by atoms with Crippen LogP contribution in [0.5, 0.6) is 0 Å². The number of nitrogens with zero attached hydrogens (tertiary/aromatic N) is 2. The molecule has 0 aliphatic heterocycles. The molecule has 0 bridgehead atoms. The van der Waals surface area contributed by atoms with E-state index in [9.17, 15) is 14.4 Å². The molecule has 1 heterocycles. The Balaban J connectivity index is 1.68. The van der Waals surface area contributed by atoms with Gasteiger partial charge in [0.2, 0.25) is 5.91 Å². The fourth-order valence-electron chi connectivity index (χ4n) is 2.75. The molecule has 1 aromatic heterocycles. The molecule has 0 radical (unpaired) electrons. The molecule has 3 N–H and O–H groups in total. The van der Waals surface area contributed by atoms with Crippen LogP contribution in [0.4, 0.5) is 0 Å². The smallest absolute Gasteiger partial charge is 0.265 e. The van der Waals surface area contributed by atoms with Crippen LogP contribution >= 0.6 is 0 Å². The number of benzene rings is 2. The Morgan fingerprint density at radius 3 is 2.52 bits per heavy atom. The summed E-state index contributed by atoms with van der Waals surface area (Å²) < 4.78 is 1.45. The lowest BCUT2D eigenvalue weighted by Gasteiger charge is -2.08. The van der Waals surface area contributed by atoms with Gasteiger partial charge in [-0.25, -0.2) is 4.98 Å². The normalized spacial score (nSPS) is 10.7. The lowest BCUT2D eigenvalue weighted by atomic mass is 10.1. The van der Waals surface area contributed by atoms with Crippen molar-refractivity contribution in [2.24, 2.45) is 5.73 Å². The summed E-state index contributed by atoms with van der Waals surface area (Å²) in [5, 5.41) is 3.34. The van der Waals surface area contributed by atoms with Crippen LogP contribution in [0.15, 0.2) is 59.7 Å². The molecule has 27 heavy (non-hydrogen) atoms. The Morgan fingerprint density at radius 1 is 1.04 bits per heavy atom. The molecule has 3 aromatic rings. The lowest BCUT2D eigenvalue weighted by molar-refractivity contribution is -0.118. The van der Waals surface area contributed by atoms with Crippen molar-refractivity contribution in [3.63, 3.8) is 0 Å². The fourth-order valence-corrected chi connectivity index (χ4v) is 2.75. The quantitative estimate of drug-likeness (QED) is 0.623. The number of hydrogen-bond acceptors (Lipinski definition) is 4. The molecule has 0 spiro atoms. The van der Waals surface area contributed by atoms with Crippen LogP contribution in [0.1, 0.15) is 29.6 Å². The first-order valence-electron chi connectivity index (χ1n) is 8.69. The molecule has 0 aliphatic rings. The monoisotopic (exact) mass is 364 g/mol. The first-order chi connectivity index (χ1) is 13.1. The maximum atomic E-state index is 12.6. The number of rotatable bonds is 7. The second-order valence-electron chi connectivity index (χ2n) is 6.16. The van der Waals surface area contributed by atoms with Gasteiger partial charge in [-0.15, -0.1) is 0 Å². The van der Waals surface area contributed by atoms with E-state index in [2.05, 4.69) is 10.3 Å². The molecule has 0 saturated heterocycles. The number of unbranched alkanes of at least 4 members (excludes halogenated alkanes) is 1. The Labute approximate surface area is 155 Å². The molecular formula is C20H20N4O3. The van der Waals surface area contributed by atoms with Crippen LogP contribution < -0.4 is 16.6 Å². The van der Waals surface area contributed by atoms with E-state index < -0.39 is 0 Å². The Kier molecular flexibility index (Phi) is 5.61. The number of nitrogens with one attached hydrogen (secondary N) is 1. The number of aromatic nitrogens is 2. The minimum atomic E-state index is -0.338. The molecule has 7 nitrogen and oxygen atoms in total. The summed E-state index contributed by atoms with van der Waals surface area (Å²) in [7, 11) is 0. The number of primary amides is 1. The van der Waals surface area contributed by atoms with Crippen LogP contribution in [-0.4, -0.2) is 27.9 Å². The number of nitrogens with two attached hydrogens (primary N) is 1. The highest BCUT2D eigenvalue weighted by atomic mass is 16.2. The standard InChI is InChI=1S/C20H20N4O3/c21-18(25)7-3-4-12-22-19(26)14-8-10-15(11-9-14)24-13-23-17-6-2-1-5-16(17)20(24)27/h1-2,5-6,8-11,13H,3-4,7,12H2,(H2,21,25)(H,22,26). The van der Waals surface area contributed by atoms with E-state index in [4.69, 9.17) is 5.73 Å². The van der Waals surface area contributed by atoms with Gasteiger partial charge >= 0.3 is 0 Å².